The van der Waals surface area contributed by atoms with E-state index in [2.05, 4.69) is 37.1 Å². The van der Waals surface area contributed by atoms with Gasteiger partial charge in [0.1, 0.15) is 0 Å². The number of nitrogens with zero attached hydrogens (tertiary/aromatic N) is 2. The molecule has 0 saturated heterocycles. The summed E-state index contributed by atoms with van der Waals surface area (Å²) in [6, 6.07) is 0. The molecule has 0 aliphatic rings. The summed E-state index contributed by atoms with van der Waals surface area (Å²) >= 11 is 0. The Morgan fingerprint density at radius 2 is 1.70 bits per heavy atom. The van der Waals surface area contributed by atoms with E-state index in [9.17, 15) is 0 Å². The first kappa shape index (κ1) is 7.19. The highest BCUT2D eigenvalue weighted by molar-refractivity contribution is 5.13. The Labute approximate surface area is 61.3 Å². The van der Waals surface area contributed by atoms with Gasteiger partial charge in [0, 0.05) is 12.4 Å². The summed E-state index contributed by atoms with van der Waals surface area (Å²) in [7, 11) is 0. The molecule has 2 heteroatoms. The molecule has 1 aromatic heterocycles. The molecule has 0 atom stereocenters. The van der Waals surface area contributed by atoms with Crippen LogP contribution in [0.1, 0.15) is 26.3 Å². The second-order valence-corrected chi connectivity index (χ2v) is 3.32. The van der Waals surface area contributed by atoms with Gasteiger partial charge in [-0.1, -0.05) is 20.8 Å². The molecular weight excluding hydrogens is 124 g/mol. The standard InChI is InChI=1S/C8H11N2/c1-8(2,3)7-4-9-6-10-5-7/h4-5H,1-3H3. The van der Waals surface area contributed by atoms with Crippen molar-refractivity contribution >= 4 is 0 Å². The molecule has 0 fully saturated rings. The minimum absolute atomic E-state index is 0.148. The second kappa shape index (κ2) is 2.37. The van der Waals surface area contributed by atoms with Crippen LogP contribution in [0.2, 0.25) is 0 Å². The smallest absolute Gasteiger partial charge is 0.197 e. The molecule has 1 rings (SSSR count). The van der Waals surface area contributed by atoms with Crippen LogP contribution in [0, 0.1) is 6.33 Å². The SMILES string of the molecule is CC(C)(C)c1cn[c]nc1. The minimum atomic E-state index is 0.148. The van der Waals surface area contributed by atoms with Gasteiger partial charge >= 0.3 is 0 Å². The van der Waals surface area contributed by atoms with Gasteiger partial charge in [-0.15, -0.1) is 0 Å². The number of aromatic nitrogens is 2. The fraction of sp³-hybridized carbons (Fsp3) is 0.500. The molecule has 0 aliphatic heterocycles. The average molecular weight is 135 g/mol. The third kappa shape index (κ3) is 1.53. The Hall–Kier alpha value is -0.920. The maximum Gasteiger partial charge on any atom is 0.197 e. The molecule has 0 unspecified atom stereocenters. The van der Waals surface area contributed by atoms with Crippen LogP contribution in [0.5, 0.6) is 0 Å². The van der Waals surface area contributed by atoms with Gasteiger partial charge < -0.3 is 0 Å². The quantitative estimate of drug-likeness (QED) is 0.539. The third-order valence-electron chi connectivity index (χ3n) is 1.39. The van der Waals surface area contributed by atoms with Crippen molar-refractivity contribution in [2.24, 2.45) is 0 Å². The van der Waals surface area contributed by atoms with Crippen LogP contribution in [-0.2, 0) is 5.41 Å². The van der Waals surface area contributed by atoms with Crippen molar-refractivity contribution in [2.75, 3.05) is 0 Å². The minimum Gasteiger partial charge on any atom is -0.233 e. The zero-order valence-electron chi connectivity index (χ0n) is 6.55. The van der Waals surface area contributed by atoms with Crippen LogP contribution in [0.3, 0.4) is 0 Å². The highest BCUT2D eigenvalue weighted by Crippen LogP contribution is 2.18. The lowest BCUT2D eigenvalue weighted by Crippen LogP contribution is -2.11. The summed E-state index contributed by atoms with van der Waals surface area (Å²) < 4.78 is 0. The predicted molar refractivity (Wildman–Crippen MR) is 39.6 cm³/mol. The topological polar surface area (TPSA) is 25.8 Å². The summed E-state index contributed by atoms with van der Waals surface area (Å²) in [6.45, 7) is 6.39. The fourth-order valence-electron chi connectivity index (χ4n) is 0.651. The Balaban J connectivity index is 2.97. The number of hydrogen-bond acceptors (Lipinski definition) is 2. The Morgan fingerprint density at radius 1 is 1.20 bits per heavy atom. The highest BCUT2D eigenvalue weighted by atomic mass is 14.8. The zero-order chi connectivity index (χ0) is 7.61. The van der Waals surface area contributed by atoms with Crippen LogP contribution in [-0.4, -0.2) is 9.97 Å². The largest absolute Gasteiger partial charge is 0.233 e. The number of hydrogen-bond donors (Lipinski definition) is 0. The summed E-state index contributed by atoms with van der Waals surface area (Å²) in [6.07, 6.45) is 6.10. The van der Waals surface area contributed by atoms with E-state index < -0.39 is 0 Å². The van der Waals surface area contributed by atoms with Gasteiger partial charge in [0.2, 0.25) is 0 Å². The molecule has 0 saturated carbocycles. The van der Waals surface area contributed by atoms with Gasteiger partial charge in [0.25, 0.3) is 0 Å². The lowest BCUT2D eigenvalue weighted by atomic mass is 9.89. The van der Waals surface area contributed by atoms with Gasteiger partial charge in [0.15, 0.2) is 6.33 Å². The van der Waals surface area contributed by atoms with Crippen LogP contribution < -0.4 is 0 Å². The first-order valence-corrected chi connectivity index (χ1v) is 3.29. The lowest BCUT2D eigenvalue weighted by Gasteiger charge is -2.16. The van der Waals surface area contributed by atoms with Gasteiger partial charge in [-0.25, -0.2) is 9.97 Å². The molecule has 0 aromatic carbocycles. The van der Waals surface area contributed by atoms with E-state index >= 15 is 0 Å². The molecule has 0 amide bonds. The third-order valence-corrected chi connectivity index (χ3v) is 1.39. The Bertz CT molecular complexity index is 198. The van der Waals surface area contributed by atoms with Crippen LogP contribution in [0.15, 0.2) is 12.4 Å². The highest BCUT2D eigenvalue weighted by Gasteiger charge is 2.12. The molecule has 1 radical (unpaired) electrons. The van der Waals surface area contributed by atoms with E-state index in [1.807, 2.05) is 0 Å². The number of rotatable bonds is 0. The fourth-order valence-corrected chi connectivity index (χ4v) is 0.651. The van der Waals surface area contributed by atoms with Crippen molar-refractivity contribution in [1.29, 1.82) is 0 Å². The van der Waals surface area contributed by atoms with Crippen molar-refractivity contribution in [2.45, 2.75) is 26.2 Å². The molecule has 0 aliphatic carbocycles. The molecular formula is C8H11N2. The molecule has 2 nitrogen and oxygen atoms in total. The van der Waals surface area contributed by atoms with E-state index in [1.165, 1.54) is 0 Å². The summed E-state index contributed by atoms with van der Waals surface area (Å²) in [5.41, 5.74) is 1.29. The molecule has 0 N–H and O–H groups in total. The monoisotopic (exact) mass is 135 g/mol. The first-order valence-electron chi connectivity index (χ1n) is 3.29. The molecule has 0 spiro atoms. The van der Waals surface area contributed by atoms with Gasteiger partial charge in [-0.3, -0.25) is 0 Å². The van der Waals surface area contributed by atoms with Gasteiger partial charge in [-0.2, -0.15) is 0 Å². The summed E-state index contributed by atoms with van der Waals surface area (Å²) in [5.74, 6) is 0. The summed E-state index contributed by atoms with van der Waals surface area (Å²) in [5, 5.41) is 0. The molecule has 53 valence electrons. The first-order chi connectivity index (χ1) is 4.61. The van der Waals surface area contributed by atoms with Crippen LogP contribution >= 0.6 is 0 Å². The average Bonchev–Trinajstić information content (AvgIpc) is 1.88. The molecule has 1 heterocycles. The summed E-state index contributed by atoms with van der Waals surface area (Å²) in [4.78, 5) is 7.63. The van der Waals surface area contributed by atoms with Crippen LogP contribution in [0.4, 0.5) is 0 Å². The van der Waals surface area contributed by atoms with Crippen LogP contribution in [0.25, 0.3) is 0 Å². The van der Waals surface area contributed by atoms with Crippen molar-refractivity contribution < 1.29 is 0 Å². The second-order valence-electron chi connectivity index (χ2n) is 3.32. The van der Waals surface area contributed by atoms with Crippen molar-refractivity contribution in [3.8, 4) is 0 Å². The lowest BCUT2D eigenvalue weighted by molar-refractivity contribution is 0.583. The van der Waals surface area contributed by atoms with Gasteiger partial charge in [-0.05, 0) is 11.0 Å². The maximum absolute atomic E-state index is 3.82. The van der Waals surface area contributed by atoms with Crippen molar-refractivity contribution in [3.63, 3.8) is 0 Å². The molecule has 10 heavy (non-hydrogen) atoms. The maximum atomic E-state index is 3.82. The predicted octanol–water partition coefficient (Wildman–Crippen LogP) is 1.57. The van der Waals surface area contributed by atoms with Gasteiger partial charge in [0.05, 0.1) is 0 Å². The van der Waals surface area contributed by atoms with E-state index in [0.717, 1.165) is 5.56 Å². The normalized spacial score (nSPS) is 11.5. The van der Waals surface area contributed by atoms with Crippen molar-refractivity contribution in [1.82, 2.24) is 9.97 Å². The van der Waals surface area contributed by atoms with E-state index in [1.54, 1.807) is 12.4 Å². The van der Waals surface area contributed by atoms with E-state index in [4.69, 9.17) is 0 Å². The zero-order valence-corrected chi connectivity index (χ0v) is 6.55. The van der Waals surface area contributed by atoms with E-state index in [0.29, 0.717) is 0 Å². The Kier molecular flexibility index (Phi) is 1.70. The Morgan fingerprint density at radius 3 is 2.00 bits per heavy atom. The van der Waals surface area contributed by atoms with E-state index in [-0.39, 0.29) is 5.41 Å². The molecule has 1 aromatic rings. The van der Waals surface area contributed by atoms with Crippen molar-refractivity contribution in [3.05, 3.63) is 24.3 Å². The molecule has 0 bridgehead atoms.